The zero-order valence-corrected chi connectivity index (χ0v) is 13.8. The van der Waals surface area contributed by atoms with E-state index in [0.29, 0.717) is 24.6 Å². The second-order valence-electron chi connectivity index (χ2n) is 5.16. The minimum absolute atomic E-state index is 0.117. The van der Waals surface area contributed by atoms with Gasteiger partial charge in [0.1, 0.15) is 11.6 Å². The topological polar surface area (TPSA) is 45.7 Å². The van der Waals surface area contributed by atoms with Crippen molar-refractivity contribution in [3.8, 4) is 5.75 Å². The van der Waals surface area contributed by atoms with Gasteiger partial charge in [-0.15, -0.1) is 0 Å². The van der Waals surface area contributed by atoms with Crippen LogP contribution in [-0.4, -0.2) is 19.1 Å². The van der Waals surface area contributed by atoms with Crippen LogP contribution < -0.4 is 15.4 Å². The molecule has 0 aliphatic rings. The van der Waals surface area contributed by atoms with E-state index in [9.17, 15) is 13.2 Å². The van der Waals surface area contributed by atoms with Crippen molar-refractivity contribution in [2.75, 3.05) is 6.54 Å². The molecule has 134 valence electrons. The lowest BCUT2D eigenvalue weighted by molar-refractivity contribution is -0.0504. The number of nitrogens with zero attached hydrogens (tertiary/aromatic N) is 1. The summed E-state index contributed by atoms with van der Waals surface area (Å²) in [5.74, 6) is 0.299. The smallest absolute Gasteiger partial charge is 0.387 e. The Kier molecular flexibility index (Phi) is 7.13. The van der Waals surface area contributed by atoms with E-state index in [1.165, 1.54) is 18.2 Å². The maximum absolute atomic E-state index is 13.2. The molecule has 0 saturated heterocycles. The summed E-state index contributed by atoms with van der Waals surface area (Å²) >= 11 is 0. The number of para-hydroxylation sites is 1. The van der Waals surface area contributed by atoms with Gasteiger partial charge in [0.25, 0.3) is 0 Å². The standard InChI is InChI=1S/C18H20F3N3O/c1-2-22-18(23-11-13-6-5-8-15(19)10-13)24-12-14-7-3-4-9-16(14)25-17(20)21/h3-10,17H,2,11-12H2,1H3,(H2,22,23,24). The summed E-state index contributed by atoms with van der Waals surface area (Å²) in [4.78, 5) is 4.37. The third-order valence-electron chi connectivity index (χ3n) is 3.29. The van der Waals surface area contributed by atoms with Crippen molar-refractivity contribution in [2.24, 2.45) is 4.99 Å². The molecule has 0 aliphatic carbocycles. The van der Waals surface area contributed by atoms with Crippen LogP contribution in [0.4, 0.5) is 13.2 Å². The Morgan fingerprint density at radius 1 is 1.12 bits per heavy atom. The highest BCUT2D eigenvalue weighted by atomic mass is 19.3. The molecular weight excluding hydrogens is 331 g/mol. The van der Waals surface area contributed by atoms with E-state index in [1.54, 1.807) is 30.3 Å². The Morgan fingerprint density at radius 2 is 1.92 bits per heavy atom. The molecule has 4 nitrogen and oxygen atoms in total. The molecular formula is C18H20F3N3O. The third-order valence-corrected chi connectivity index (χ3v) is 3.29. The fourth-order valence-electron chi connectivity index (χ4n) is 2.19. The van der Waals surface area contributed by atoms with Crippen molar-refractivity contribution in [3.63, 3.8) is 0 Å². The molecule has 2 rings (SSSR count). The average molecular weight is 351 g/mol. The highest BCUT2D eigenvalue weighted by Gasteiger charge is 2.09. The van der Waals surface area contributed by atoms with Gasteiger partial charge in [-0.25, -0.2) is 9.38 Å². The molecule has 25 heavy (non-hydrogen) atoms. The molecule has 0 radical (unpaired) electrons. The number of nitrogens with one attached hydrogen (secondary N) is 2. The maximum atomic E-state index is 13.2. The van der Waals surface area contributed by atoms with Gasteiger partial charge in [0.05, 0.1) is 6.54 Å². The monoisotopic (exact) mass is 351 g/mol. The van der Waals surface area contributed by atoms with Crippen molar-refractivity contribution >= 4 is 5.96 Å². The minimum atomic E-state index is -2.88. The van der Waals surface area contributed by atoms with Crippen molar-refractivity contribution in [3.05, 3.63) is 65.5 Å². The molecule has 2 N–H and O–H groups in total. The van der Waals surface area contributed by atoms with E-state index >= 15 is 0 Å². The van der Waals surface area contributed by atoms with Crippen molar-refractivity contribution < 1.29 is 17.9 Å². The molecule has 2 aromatic rings. The number of benzene rings is 2. The summed E-state index contributed by atoms with van der Waals surface area (Å²) in [6, 6.07) is 12.7. The summed E-state index contributed by atoms with van der Waals surface area (Å²) < 4.78 is 42.6. The molecule has 7 heteroatoms. The van der Waals surface area contributed by atoms with Gasteiger partial charge in [-0.1, -0.05) is 30.3 Å². The van der Waals surface area contributed by atoms with Crippen molar-refractivity contribution in [1.29, 1.82) is 0 Å². The summed E-state index contributed by atoms with van der Waals surface area (Å²) in [5.41, 5.74) is 1.32. The van der Waals surface area contributed by atoms with Crippen LogP contribution in [0.2, 0.25) is 0 Å². The molecule has 0 aromatic heterocycles. The van der Waals surface area contributed by atoms with Crippen LogP contribution in [0.3, 0.4) is 0 Å². The normalized spacial score (nSPS) is 11.5. The highest BCUT2D eigenvalue weighted by Crippen LogP contribution is 2.19. The molecule has 0 bridgehead atoms. The summed E-state index contributed by atoms with van der Waals surface area (Å²) in [7, 11) is 0. The molecule has 0 heterocycles. The van der Waals surface area contributed by atoms with Crippen LogP contribution >= 0.6 is 0 Å². The zero-order valence-electron chi connectivity index (χ0n) is 13.8. The number of hydrogen-bond acceptors (Lipinski definition) is 2. The van der Waals surface area contributed by atoms with Crippen LogP contribution in [0.15, 0.2) is 53.5 Å². The summed E-state index contributed by atoms with van der Waals surface area (Å²) in [6.07, 6.45) is 0. The number of aliphatic imine (C=N–C) groups is 1. The minimum Gasteiger partial charge on any atom is -0.434 e. The zero-order chi connectivity index (χ0) is 18.1. The molecule has 0 fully saturated rings. The first-order valence-corrected chi connectivity index (χ1v) is 7.88. The van der Waals surface area contributed by atoms with Gasteiger partial charge in [-0.2, -0.15) is 8.78 Å². The van der Waals surface area contributed by atoms with E-state index in [1.807, 2.05) is 6.92 Å². The molecule has 0 unspecified atom stereocenters. The molecule has 0 atom stereocenters. The SMILES string of the molecule is CCNC(=NCc1cccc(F)c1)NCc1ccccc1OC(F)F. The van der Waals surface area contributed by atoms with E-state index in [0.717, 1.165) is 5.56 Å². The van der Waals surface area contributed by atoms with Gasteiger partial charge < -0.3 is 15.4 Å². The first-order chi connectivity index (χ1) is 12.1. The molecule has 0 saturated carbocycles. The van der Waals surface area contributed by atoms with Gasteiger partial charge in [0.2, 0.25) is 0 Å². The second kappa shape index (κ2) is 9.56. The molecule has 2 aromatic carbocycles. The van der Waals surface area contributed by atoms with Crippen molar-refractivity contribution in [2.45, 2.75) is 26.6 Å². The summed E-state index contributed by atoms with van der Waals surface area (Å²) in [6.45, 7) is 0.216. The predicted molar refractivity (Wildman–Crippen MR) is 91.1 cm³/mol. The fraction of sp³-hybridized carbons (Fsp3) is 0.278. The predicted octanol–water partition coefficient (Wildman–Crippen LogP) is 3.68. The Morgan fingerprint density at radius 3 is 2.64 bits per heavy atom. The number of halogens is 3. The molecule has 0 amide bonds. The Labute approximate surface area is 144 Å². The van der Waals surface area contributed by atoms with Crippen LogP contribution in [0.1, 0.15) is 18.1 Å². The van der Waals surface area contributed by atoms with Crippen LogP contribution in [0.25, 0.3) is 0 Å². The lowest BCUT2D eigenvalue weighted by Gasteiger charge is -2.14. The summed E-state index contributed by atoms with van der Waals surface area (Å²) in [5, 5.41) is 6.11. The number of hydrogen-bond donors (Lipinski definition) is 2. The highest BCUT2D eigenvalue weighted by molar-refractivity contribution is 5.79. The number of alkyl halides is 2. The molecule has 0 spiro atoms. The van der Waals surface area contributed by atoms with Crippen LogP contribution in [0.5, 0.6) is 5.75 Å². The van der Waals surface area contributed by atoms with E-state index in [4.69, 9.17) is 0 Å². The van der Waals surface area contributed by atoms with Gasteiger partial charge >= 0.3 is 6.61 Å². The third kappa shape index (κ3) is 6.37. The lowest BCUT2D eigenvalue weighted by Crippen LogP contribution is -2.36. The van der Waals surface area contributed by atoms with Crippen LogP contribution in [-0.2, 0) is 13.1 Å². The van der Waals surface area contributed by atoms with E-state index in [2.05, 4.69) is 20.4 Å². The second-order valence-corrected chi connectivity index (χ2v) is 5.16. The molecule has 0 aliphatic heterocycles. The number of guanidine groups is 1. The van der Waals surface area contributed by atoms with Gasteiger partial charge in [0, 0.05) is 18.7 Å². The quantitative estimate of drug-likeness (QED) is 0.591. The Balaban J connectivity index is 2.03. The van der Waals surface area contributed by atoms with E-state index < -0.39 is 6.61 Å². The van der Waals surface area contributed by atoms with Crippen molar-refractivity contribution in [1.82, 2.24) is 10.6 Å². The average Bonchev–Trinajstić information content (AvgIpc) is 2.58. The maximum Gasteiger partial charge on any atom is 0.387 e. The van der Waals surface area contributed by atoms with Gasteiger partial charge in [0.15, 0.2) is 5.96 Å². The lowest BCUT2D eigenvalue weighted by atomic mass is 10.2. The largest absolute Gasteiger partial charge is 0.434 e. The van der Waals surface area contributed by atoms with E-state index in [-0.39, 0.29) is 18.1 Å². The number of ether oxygens (including phenoxy) is 1. The van der Waals surface area contributed by atoms with Gasteiger partial charge in [-0.05, 0) is 30.7 Å². The van der Waals surface area contributed by atoms with Crippen LogP contribution in [0, 0.1) is 5.82 Å². The first kappa shape index (κ1) is 18.6. The Hall–Kier alpha value is -2.70. The number of rotatable bonds is 7. The van der Waals surface area contributed by atoms with Gasteiger partial charge in [-0.3, -0.25) is 0 Å². The first-order valence-electron chi connectivity index (χ1n) is 7.88. The fourth-order valence-corrected chi connectivity index (χ4v) is 2.19. The Bertz CT molecular complexity index is 707.